The second-order valence-corrected chi connectivity index (χ2v) is 5.89. The molecule has 0 atom stereocenters. The molecule has 1 nitrogen and oxygen atoms in total. The van der Waals surface area contributed by atoms with Gasteiger partial charge >= 0.3 is 0 Å². The fourth-order valence-corrected chi connectivity index (χ4v) is 2.57. The van der Waals surface area contributed by atoms with E-state index in [1.54, 1.807) is 12.1 Å². The Kier molecular flexibility index (Phi) is 2.58. The Balaban J connectivity index is 1.95. The molecule has 0 heterocycles. The number of nitrogens with one attached hydrogen (secondary N) is 1. The second-order valence-electron chi connectivity index (χ2n) is 5.89. The first-order valence-electron chi connectivity index (χ1n) is 5.83. The topological polar surface area (TPSA) is 12.0 Å². The van der Waals surface area contributed by atoms with Crippen LogP contribution in [-0.2, 0) is 6.54 Å². The molecule has 16 heavy (non-hydrogen) atoms. The van der Waals surface area contributed by atoms with Crippen molar-refractivity contribution in [2.24, 2.45) is 10.8 Å². The van der Waals surface area contributed by atoms with Crippen LogP contribution in [0.5, 0.6) is 0 Å². The first-order valence-corrected chi connectivity index (χ1v) is 5.83. The Morgan fingerprint density at radius 2 is 1.81 bits per heavy atom. The van der Waals surface area contributed by atoms with Crippen LogP contribution >= 0.6 is 0 Å². The lowest BCUT2D eigenvalue weighted by atomic mass is 10.0. The van der Waals surface area contributed by atoms with Crippen LogP contribution in [0.2, 0.25) is 0 Å². The summed E-state index contributed by atoms with van der Waals surface area (Å²) in [6.45, 7) is 9.84. The van der Waals surface area contributed by atoms with Gasteiger partial charge in [0.25, 0.3) is 0 Å². The predicted molar refractivity (Wildman–Crippen MR) is 64.6 cm³/mol. The van der Waals surface area contributed by atoms with Crippen molar-refractivity contribution in [3.8, 4) is 0 Å². The lowest BCUT2D eigenvalue weighted by Crippen LogP contribution is -2.21. The van der Waals surface area contributed by atoms with Crippen molar-refractivity contribution >= 4 is 0 Å². The minimum Gasteiger partial charge on any atom is -0.309 e. The fraction of sp³-hybridized carbons (Fsp3) is 0.571. The first kappa shape index (κ1) is 11.6. The molecule has 0 aliphatic heterocycles. The zero-order chi connectivity index (χ0) is 12.0. The molecule has 0 radical (unpaired) electrons. The Morgan fingerprint density at radius 3 is 2.31 bits per heavy atom. The quantitative estimate of drug-likeness (QED) is 0.825. The number of rotatable bonds is 3. The molecule has 1 saturated carbocycles. The second kappa shape index (κ2) is 3.56. The molecular formula is C14H20FN. The zero-order valence-electron chi connectivity index (χ0n) is 10.5. The summed E-state index contributed by atoms with van der Waals surface area (Å²) < 4.78 is 13.0. The van der Waals surface area contributed by atoms with Gasteiger partial charge in [0.05, 0.1) is 0 Å². The van der Waals surface area contributed by atoms with Gasteiger partial charge < -0.3 is 5.32 Å². The van der Waals surface area contributed by atoms with E-state index in [1.807, 2.05) is 6.07 Å². The molecule has 0 amide bonds. The van der Waals surface area contributed by atoms with Gasteiger partial charge in [0, 0.05) is 12.6 Å². The number of hydrogen-bond donors (Lipinski definition) is 1. The van der Waals surface area contributed by atoms with Crippen LogP contribution in [0.1, 0.15) is 33.3 Å². The Morgan fingerprint density at radius 1 is 1.19 bits per heavy atom. The molecule has 1 aromatic carbocycles. The Hall–Kier alpha value is -0.890. The molecule has 1 aliphatic rings. The van der Waals surface area contributed by atoms with E-state index in [1.165, 1.54) is 6.07 Å². The van der Waals surface area contributed by atoms with E-state index in [9.17, 15) is 4.39 Å². The maximum atomic E-state index is 13.0. The molecule has 2 rings (SSSR count). The van der Waals surface area contributed by atoms with Crippen molar-refractivity contribution in [1.82, 2.24) is 5.32 Å². The molecule has 1 N–H and O–H groups in total. The molecular weight excluding hydrogens is 201 g/mol. The summed E-state index contributed by atoms with van der Waals surface area (Å²) >= 11 is 0. The third-order valence-corrected chi connectivity index (χ3v) is 4.42. The molecule has 88 valence electrons. The molecule has 1 aromatic rings. The van der Waals surface area contributed by atoms with Crippen LogP contribution in [0, 0.1) is 16.6 Å². The largest absolute Gasteiger partial charge is 0.309 e. The van der Waals surface area contributed by atoms with E-state index >= 15 is 0 Å². The maximum Gasteiger partial charge on any atom is 0.123 e. The Bertz CT molecular complexity index is 381. The van der Waals surface area contributed by atoms with Crippen molar-refractivity contribution in [3.05, 3.63) is 35.6 Å². The maximum absolute atomic E-state index is 13.0. The lowest BCUT2D eigenvalue weighted by molar-refractivity contribution is 0.457. The SMILES string of the molecule is CC1(C)C(NCc2cccc(F)c2)C1(C)C. The minimum atomic E-state index is -0.159. The smallest absolute Gasteiger partial charge is 0.123 e. The van der Waals surface area contributed by atoms with Gasteiger partial charge in [0.1, 0.15) is 5.82 Å². The van der Waals surface area contributed by atoms with Gasteiger partial charge in [-0.2, -0.15) is 0 Å². The van der Waals surface area contributed by atoms with Gasteiger partial charge in [0.15, 0.2) is 0 Å². The number of halogens is 1. The summed E-state index contributed by atoms with van der Waals surface area (Å²) in [6.07, 6.45) is 0. The van der Waals surface area contributed by atoms with Crippen LogP contribution in [0.15, 0.2) is 24.3 Å². The molecule has 0 aromatic heterocycles. The Labute approximate surface area is 97.1 Å². The third-order valence-electron chi connectivity index (χ3n) is 4.42. The number of hydrogen-bond acceptors (Lipinski definition) is 1. The standard InChI is InChI=1S/C14H20FN/c1-13(2)12(14(13,3)4)16-9-10-6-5-7-11(15)8-10/h5-8,12,16H,9H2,1-4H3. The van der Waals surface area contributed by atoms with Gasteiger partial charge in [-0.05, 0) is 28.5 Å². The van der Waals surface area contributed by atoms with Crippen molar-refractivity contribution in [3.63, 3.8) is 0 Å². The summed E-state index contributed by atoms with van der Waals surface area (Å²) in [5.41, 5.74) is 1.68. The molecule has 0 saturated heterocycles. The van der Waals surface area contributed by atoms with Gasteiger partial charge in [-0.15, -0.1) is 0 Å². The molecule has 0 spiro atoms. The molecule has 2 heteroatoms. The highest BCUT2D eigenvalue weighted by molar-refractivity contribution is 5.20. The van der Waals surface area contributed by atoms with Gasteiger partial charge in [0.2, 0.25) is 0 Å². The van der Waals surface area contributed by atoms with Crippen molar-refractivity contribution in [1.29, 1.82) is 0 Å². The predicted octanol–water partition coefficient (Wildman–Crippen LogP) is 3.35. The normalized spacial score (nSPS) is 22.1. The summed E-state index contributed by atoms with van der Waals surface area (Å²) in [5, 5.41) is 3.51. The molecule has 0 unspecified atom stereocenters. The average molecular weight is 221 g/mol. The monoisotopic (exact) mass is 221 g/mol. The van der Waals surface area contributed by atoms with Crippen molar-refractivity contribution < 1.29 is 4.39 Å². The summed E-state index contributed by atoms with van der Waals surface area (Å²) in [5.74, 6) is -0.159. The third kappa shape index (κ3) is 1.75. The molecule has 1 aliphatic carbocycles. The minimum absolute atomic E-state index is 0.159. The van der Waals surface area contributed by atoms with E-state index in [4.69, 9.17) is 0 Å². The van der Waals surface area contributed by atoms with Crippen LogP contribution in [0.25, 0.3) is 0 Å². The van der Waals surface area contributed by atoms with E-state index in [0.717, 1.165) is 12.1 Å². The fourth-order valence-electron chi connectivity index (χ4n) is 2.57. The number of benzene rings is 1. The van der Waals surface area contributed by atoms with Crippen molar-refractivity contribution in [2.75, 3.05) is 0 Å². The lowest BCUT2D eigenvalue weighted by Gasteiger charge is -2.06. The average Bonchev–Trinajstić information content (AvgIpc) is 2.55. The van der Waals surface area contributed by atoms with Crippen LogP contribution < -0.4 is 5.32 Å². The van der Waals surface area contributed by atoms with Gasteiger partial charge in [-0.3, -0.25) is 0 Å². The van der Waals surface area contributed by atoms with E-state index < -0.39 is 0 Å². The van der Waals surface area contributed by atoms with E-state index in [0.29, 0.717) is 16.9 Å². The van der Waals surface area contributed by atoms with Crippen LogP contribution in [0.4, 0.5) is 4.39 Å². The van der Waals surface area contributed by atoms with Crippen LogP contribution in [-0.4, -0.2) is 6.04 Å². The van der Waals surface area contributed by atoms with Crippen LogP contribution in [0.3, 0.4) is 0 Å². The highest BCUT2D eigenvalue weighted by Gasteiger charge is 2.64. The van der Waals surface area contributed by atoms with Crippen molar-refractivity contribution in [2.45, 2.75) is 40.3 Å². The van der Waals surface area contributed by atoms with E-state index in [2.05, 4.69) is 33.0 Å². The van der Waals surface area contributed by atoms with Gasteiger partial charge in [-0.1, -0.05) is 39.8 Å². The molecule has 0 bridgehead atoms. The summed E-state index contributed by atoms with van der Waals surface area (Å²) in [6, 6.07) is 7.31. The highest BCUT2D eigenvalue weighted by atomic mass is 19.1. The highest BCUT2D eigenvalue weighted by Crippen LogP contribution is 2.62. The summed E-state index contributed by atoms with van der Waals surface area (Å²) in [4.78, 5) is 0. The molecule has 1 fully saturated rings. The summed E-state index contributed by atoms with van der Waals surface area (Å²) in [7, 11) is 0. The zero-order valence-corrected chi connectivity index (χ0v) is 10.5. The first-order chi connectivity index (χ1) is 7.35. The van der Waals surface area contributed by atoms with E-state index in [-0.39, 0.29) is 5.82 Å². The van der Waals surface area contributed by atoms with Gasteiger partial charge in [-0.25, -0.2) is 4.39 Å².